The maximum absolute atomic E-state index is 7.07. The van der Waals surface area contributed by atoms with Crippen molar-refractivity contribution in [3.8, 4) is 44.9 Å². The van der Waals surface area contributed by atoms with Gasteiger partial charge in [0.05, 0.1) is 13.2 Å². The van der Waals surface area contributed by atoms with Crippen LogP contribution in [0, 0.1) is 29.6 Å². The maximum Gasteiger partial charge on any atom is 0.127 e. The molecule has 0 radical (unpaired) electrons. The monoisotopic (exact) mass is 784 g/mol. The molecule has 2 heteroatoms. The van der Waals surface area contributed by atoms with Crippen molar-refractivity contribution in [3.05, 3.63) is 146 Å². The highest BCUT2D eigenvalue weighted by atomic mass is 16.5. The van der Waals surface area contributed by atoms with Crippen LogP contribution in [0.4, 0.5) is 0 Å². The molecule has 0 unspecified atom stereocenters. The quantitative estimate of drug-likeness (QED) is 0.167. The smallest absolute Gasteiger partial charge is 0.127 e. The van der Waals surface area contributed by atoms with Crippen molar-refractivity contribution >= 4 is 43.1 Å². The summed E-state index contributed by atoms with van der Waals surface area (Å²) in [5, 5.41) is 9.79. The van der Waals surface area contributed by atoms with Gasteiger partial charge in [-0.05, 0) is 164 Å². The second kappa shape index (κ2) is 16.1. The van der Waals surface area contributed by atoms with E-state index in [-0.39, 0.29) is 0 Å². The summed E-state index contributed by atoms with van der Waals surface area (Å²) in [6.45, 7) is 3.77. The fourth-order valence-corrected chi connectivity index (χ4v) is 11.3. The van der Waals surface area contributed by atoms with Crippen LogP contribution in [0.3, 0.4) is 0 Å². The Bertz CT molecular complexity index is 2660. The molecule has 2 fully saturated rings. The zero-order chi connectivity index (χ0) is 40.0. The van der Waals surface area contributed by atoms with Gasteiger partial charge >= 0.3 is 0 Å². The van der Waals surface area contributed by atoms with Gasteiger partial charge in [0.1, 0.15) is 11.5 Å². The molecule has 0 saturated heterocycles. The highest BCUT2D eigenvalue weighted by Crippen LogP contribution is 2.49. The first-order valence-electron chi connectivity index (χ1n) is 23.0. The molecule has 11 rings (SSSR count). The molecular formula is C58H56O2. The fraction of sp³-hybridized carbons (Fsp3) is 0.310. The van der Waals surface area contributed by atoms with Crippen molar-refractivity contribution in [3.63, 3.8) is 0 Å². The van der Waals surface area contributed by atoms with E-state index < -0.39 is 0 Å². The number of fused-ring (bicyclic) bond motifs is 9. The lowest BCUT2D eigenvalue weighted by molar-refractivity contribution is 0.133. The van der Waals surface area contributed by atoms with E-state index in [9.17, 15) is 0 Å². The van der Waals surface area contributed by atoms with E-state index in [1.165, 1.54) is 123 Å². The van der Waals surface area contributed by atoms with Crippen LogP contribution in [0.1, 0.15) is 71.1 Å². The zero-order valence-corrected chi connectivity index (χ0v) is 35.0. The Morgan fingerprint density at radius 1 is 0.383 bits per heavy atom. The first-order valence-corrected chi connectivity index (χ1v) is 23.0. The predicted octanol–water partition coefficient (Wildman–Crippen LogP) is 16.1. The minimum absolute atomic E-state index is 0.320. The van der Waals surface area contributed by atoms with Crippen LogP contribution < -0.4 is 9.47 Å². The second-order valence-corrected chi connectivity index (χ2v) is 18.7. The summed E-state index contributed by atoms with van der Waals surface area (Å²) in [4.78, 5) is 0. The molecule has 0 spiro atoms. The average molecular weight is 785 g/mol. The van der Waals surface area contributed by atoms with Crippen LogP contribution in [0.25, 0.3) is 76.5 Å². The van der Waals surface area contributed by atoms with Crippen molar-refractivity contribution in [1.29, 1.82) is 0 Å². The van der Waals surface area contributed by atoms with Crippen LogP contribution >= 0.6 is 0 Å². The minimum atomic E-state index is 0.320. The first-order chi connectivity index (χ1) is 29.6. The summed E-state index contributed by atoms with van der Waals surface area (Å²) in [6, 6.07) is 53.7. The van der Waals surface area contributed by atoms with Crippen molar-refractivity contribution in [2.45, 2.75) is 71.1 Å². The lowest BCUT2D eigenvalue weighted by Crippen LogP contribution is -2.26. The van der Waals surface area contributed by atoms with Crippen LogP contribution in [0.2, 0.25) is 0 Å². The van der Waals surface area contributed by atoms with Gasteiger partial charge in [-0.3, -0.25) is 0 Å². The van der Waals surface area contributed by atoms with Crippen LogP contribution in [0.15, 0.2) is 146 Å². The van der Waals surface area contributed by atoms with Crippen LogP contribution in [-0.4, -0.2) is 13.2 Å². The minimum Gasteiger partial charge on any atom is -0.492 e. The highest BCUT2D eigenvalue weighted by molar-refractivity contribution is 6.11. The number of rotatable bonds is 6. The molecule has 0 bridgehead atoms. The summed E-state index contributed by atoms with van der Waals surface area (Å²) in [6.07, 6.45) is 13.9. The van der Waals surface area contributed by atoms with E-state index in [1.807, 2.05) is 0 Å². The summed E-state index contributed by atoms with van der Waals surface area (Å²) in [5.41, 5.74) is 7.09. The van der Waals surface area contributed by atoms with Crippen molar-refractivity contribution in [2.75, 3.05) is 13.2 Å². The number of ether oxygens (including phenoxy) is 2. The molecule has 3 aliphatic rings. The van der Waals surface area contributed by atoms with Crippen molar-refractivity contribution < 1.29 is 9.47 Å². The molecular weight excluding hydrogens is 729 g/mol. The normalized spacial score (nSPS) is 21.1. The van der Waals surface area contributed by atoms with E-state index >= 15 is 0 Å². The Morgan fingerprint density at radius 2 is 0.783 bits per heavy atom. The Kier molecular flexibility index (Phi) is 10.0. The van der Waals surface area contributed by atoms with E-state index in [2.05, 4.69) is 153 Å². The molecule has 2 saturated carbocycles. The van der Waals surface area contributed by atoms with Gasteiger partial charge in [-0.1, -0.05) is 142 Å². The lowest BCUT2D eigenvalue weighted by atomic mass is 9.69. The lowest BCUT2D eigenvalue weighted by Gasteiger charge is -2.37. The Labute approximate surface area is 355 Å². The Hall–Kier alpha value is -5.60. The number of hydrogen-bond donors (Lipinski definition) is 0. The van der Waals surface area contributed by atoms with E-state index in [1.54, 1.807) is 0 Å². The van der Waals surface area contributed by atoms with E-state index in [0.717, 1.165) is 52.7 Å². The van der Waals surface area contributed by atoms with Gasteiger partial charge in [-0.25, -0.2) is 0 Å². The van der Waals surface area contributed by atoms with Gasteiger partial charge < -0.3 is 9.47 Å². The third-order valence-electron chi connectivity index (χ3n) is 14.9. The molecule has 1 aliphatic heterocycles. The number of benzene rings is 8. The molecule has 1 heterocycles. The molecule has 300 valence electrons. The fourth-order valence-electron chi connectivity index (χ4n) is 11.3. The molecule has 2 nitrogen and oxygen atoms in total. The molecule has 0 aromatic heterocycles. The van der Waals surface area contributed by atoms with Gasteiger partial charge in [0.2, 0.25) is 0 Å². The average Bonchev–Trinajstić information content (AvgIpc) is 3.38. The summed E-state index contributed by atoms with van der Waals surface area (Å²) >= 11 is 0. The summed E-state index contributed by atoms with van der Waals surface area (Å²) < 4.78 is 14.1. The van der Waals surface area contributed by atoms with Gasteiger partial charge in [0.15, 0.2) is 0 Å². The highest BCUT2D eigenvalue weighted by Gasteiger charge is 2.31. The molecule has 0 amide bonds. The van der Waals surface area contributed by atoms with Crippen LogP contribution in [0.5, 0.6) is 11.5 Å². The van der Waals surface area contributed by atoms with Crippen molar-refractivity contribution in [1.82, 2.24) is 0 Å². The Balaban J connectivity index is 0.969. The topological polar surface area (TPSA) is 18.5 Å². The third-order valence-corrected chi connectivity index (χ3v) is 14.9. The van der Waals surface area contributed by atoms with Gasteiger partial charge in [0.25, 0.3) is 0 Å². The molecule has 0 atom stereocenters. The van der Waals surface area contributed by atoms with Crippen molar-refractivity contribution in [2.24, 2.45) is 29.6 Å². The first kappa shape index (κ1) is 37.4. The maximum atomic E-state index is 7.07. The molecule has 0 N–H and O–H groups in total. The van der Waals surface area contributed by atoms with Gasteiger partial charge in [-0.2, -0.15) is 0 Å². The molecule has 8 aromatic carbocycles. The molecule has 60 heavy (non-hydrogen) atoms. The van der Waals surface area contributed by atoms with Gasteiger partial charge in [-0.15, -0.1) is 0 Å². The Morgan fingerprint density at radius 3 is 1.28 bits per heavy atom. The largest absolute Gasteiger partial charge is 0.492 e. The van der Waals surface area contributed by atoms with E-state index in [0.29, 0.717) is 19.1 Å². The molecule has 2 aliphatic carbocycles. The van der Waals surface area contributed by atoms with Gasteiger partial charge in [0, 0.05) is 17.0 Å². The summed E-state index contributed by atoms with van der Waals surface area (Å²) in [5.74, 6) is 5.92. The van der Waals surface area contributed by atoms with Crippen LogP contribution in [-0.2, 0) is 0 Å². The standard InChI is InChI=1S/C58H56O2/c1-38-10-16-43(17-11-38)44-18-14-39(15-19-44)12-13-40-36-59-55-30-28-45-22-26-51(49-24-20-41-6-2-4-8-47(41)32-49)34-53(45)57(55)58-54-35-52(27-23-46(54)29-31-56(58)60-37-40)50-25-21-42-7-3-5-9-48(42)33-50/h2-9,20-35,38-40,43-44H,10-19,36-37H2,1H3. The number of hydrogen-bond acceptors (Lipinski definition) is 2. The predicted molar refractivity (Wildman–Crippen MR) is 253 cm³/mol. The summed E-state index contributed by atoms with van der Waals surface area (Å²) in [7, 11) is 0. The van der Waals surface area contributed by atoms with E-state index in [4.69, 9.17) is 9.47 Å². The SMILES string of the molecule is CC1CCC(C2CCC(CCC3COc4ccc5ccc(-c6ccc7ccccc7c6)cc5c4-c4c(ccc5ccc(-c6ccc7ccccc7c6)cc45)OC3)CC2)CC1. The molecule has 8 aromatic rings. The second-order valence-electron chi connectivity index (χ2n) is 18.7. The zero-order valence-electron chi connectivity index (χ0n) is 35.0. The third kappa shape index (κ3) is 7.33.